The van der Waals surface area contributed by atoms with Crippen LogP contribution in [0, 0.1) is 0 Å². The average molecular weight is 423 g/mol. The van der Waals surface area contributed by atoms with Gasteiger partial charge in [-0.25, -0.2) is 13.1 Å². The summed E-state index contributed by atoms with van der Waals surface area (Å²) in [7, 11) is -3.55. The third-order valence-electron chi connectivity index (χ3n) is 5.97. The number of nitrogens with zero attached hydrogens (tertiary/aromatic N) is 3. The van der Waals surface area contributed by atoms with Crippen LogP contribution in [0.5, 0.6) is 0 Å². The Balaban J connectivity index is 1.50. The van der Waals surface area contributed by atoms with Gasteiger partial charge in [-0.1, -0.05) is 6.92 Å². The zero-order valence-electron chi connectivity index (χ0n) is 17.6. The number of rotatable bonds is 8. The van der Waals surface area contributed by atoms with E-state index in [1.54, 1.807) is 12.1 Å². The highest BCUT2D eigenvalue weighted by Gasteiger charge is 2.23. The van der Waals surface area contributed by atoms with E-state index in [1.807, 2.05) is 18.7 Å². The van der Waals surface area contributed by atoms with Crippen molar-refractivity contribution < 1.29 is 13.2 Å². The minimum Gasteiger partial charge on any atom is -0.336 e. The number of carbonyl (C=O) groups is 1. The molecule has 1 aromatic carbocycles. The van der Waals surface area contributed by atoms with E-state index in [9.17, 15) is 13.2 Å². The van der Waals surface area contributed by atoms with Crippen LogP contribution >= 0.6 is 0 Å². The van der Waals surface area contributed by atoms with Crippen molar-refractivity contribution in [3.63, 3.8) is 0 Å². The summed E-state index contributed by atoms with van der Waals surface area (Å²) in [4.78, 5) is 19.8. The Hall–Kier alpha value is -1.48. The zero-order valence-corrected chi connectivity index (χ0v) is 18.5. The molecule has 0 bridgehead atoms. The number of hydrogen-bond donors (Lipinski definition) is 1. The summed E-state index contributed by atoms with van der Waals surface area (Å²) in [6.07, 6.45) is 3.35. The van der Waals surface area contributed by atoms with Crippen molar-refractivity contribution in [3.8, 4) is 0 Å². The van der Waals surface area contributed by atoms with E-state index in [2.05, 4.69) is 14.5 Å². The van der Waals surface area contributed by atoms with Gasteiger partial charge in [-0.15, -0.1) is 0 Å². The summed E-state index contributed by atoms with van der Waals surface area (Å²) in [6.45, 7) is 11.6. The van der Waals surface area contributed by atoms with Crippen LogP contribution in [0.3, 0.4) is 0 Å². The van der Waals surface area contributed by atoms with Crippen molar-refractivity contribution in [2.45, 2.75) is 44.0 Å². The molecule has 1 amide bonds. The standard InChI is InChI=1S/C21H34N4O3S/c1-3-18(2)22-29(27,28)20-8-6-19(7-9-20)21(26)25-16-14-24(15-17-25)13-12-23-10-4-5-11-23/h6-9,18,22H,3-5,10-17H2,1-2H3. The van der Waals surface area contributed by atoms with Crippen LogP contribution in [0.4, 0.5) is 0 Å². The predicted octanol–water partition coefficient (Wildman–Crippen LogP) is 1.62. The number of likely N-dealkylation sites (tertiary alicyclic amines) is 1. The predicted molar refractivity (Wildman–Crippen MR) is 115 cm³/mol. The highest BCUT2D eigenvalue weighted by molar-refractivity contribution is 7.89. The van der Waals surface area contributed by atoms with Crippen LogP contribution < -0.4 is 4.72 Å². The van der Waals surface area contributed by atoms with Crippen LogP contribution in [-0.4, -0.2) is 87.4 Å². The Morgan fingerprint density at radius 3 is 2.07 bits per heavy atom. The SMILES string of the molecule is CCC(C)NS(=O)(=O)c1ccc(C(=O)N2CCN(CCN3CCCC3)CC2)cc1. The highest BCUT2D eigenvalue weighted by atomic mass is 32.2. The summed E-state index contributed by atoms with van der Waals surface area (Å²) in [6, 6.07) is 6.15. The summed E-state index contributed by atoms with van der Waals surface area (Å²) < 4.78 is 27.4. The number of nitrogens with one attached hydrogen (secondary N) is 1. The van der Waals surface area contributed by atoms with Crippen molar-refractivity contribution in [2.75, 3.05) is 52.4 Å². The number of piperazine rings is 1. The zero-order chi connectivity index (χ0) is 20.9. The van der Waals surface area contributed by atoms with Gasteiger partial charge in [-0.2, -0.15) is 0 Å². The van der Waals surface area contributed by atoms with E-state index in [4.69, 9.17) is 0 Å². The quantitative estimate of drug-likeness (QED) is 0.689. The normalized spacial score (nSPS) is 20.1. The van der Waals surface area contributed by atoms with E-state index >= 15 is 0 Å². The molecule has 0 aliphatic carbocycles. The van der Waals surface area contributed by atoms with E-state index in [0.29, 0.717) is 18.7 Å². The van der Waals surface area contributed by atoms with Gasteiger partial charge in [-0.3, -0.25) is 9.69 Å². The lowest BCUT2D eigenvalue weighted by Crippen LogP contribution is -2.50. The maximum atomic E-state index is 12.8. The lowest BCUT2D eigenvalue weighted by atomic mass is 10.2. The first-order chi connectivity index (χ1) is 13.9. The minimum absolute atomic E-state index is 0.0250. The topological polar surface area (TPSA) is 73.0 Å². The van der Waals surface area contributed by atoms with Gasteiger partial charge in [0.1, 0.15) is 0 Å². The Kier molecular flexibility index (Phi) is 7.67. The molecule has 2 saturated heterocycles. The fraction of sp³-hybridized carbons (Fsp3) is 0.667. The molecule has 1 atom stereocenters. The Morgan fingerprint density at radius 1 is 0.966 bits per heavy atom. The van der Waals surface area contributed by atoms with Crippen molar-refractivity contribution >= 4 is 15.9 Å². The number of amides is 1. The molecule has 7 nitrogen and oxygen atoms in total. The number of carbonyl (C=O) groups excluding carboxylic acids is 1. The van der Waals surface area contributed by atoms with E-state index in [-0.39, 0.29) is 16.8 Å². The molecule has 2 aliphatic heterocycles. The second-order valence-corrected chi connectivity index (χ2v) is 9.85. The van der Waals surface area contributed by atoms with Crippen molar-refractivity contribution in [1.82, 2.24) is 19.4 Å². The van der Waals surface area contributed by atoms with Crippen molar-refractivity contribution in [2.24, 2.45) is 0 Å². The Bertz CT molecular complexity index is 768. The molecule has 29 heavy (non-hydrogen) atoms. The molecule has 0 spiro atoms. The molecule has 0 aromatic heterocycles. The van der Waals surface area contributed by atoms with Crippen LogP contribution in [-0.2, 0) is 10.0 Å². The second-order valence-electron chi connectivity index (χ2n) is 8.14. The van der Waals surface area contributed by atoms with Crippen LogP contribution in [0.2, 0.25) is 0 Å². The molecule has 2 heterocycles. The van der Waals surface area contributed by atoms with E-state index in [1.165, 1.54) is 38.1 Å². The maximum absolute atomic E-state index is 12.8. The molecular formula is C21H34N4O3S. The minimum atomic E-state index is -3.55. The first-order valence-corrected chi connectivity index (χ1v) is 12.2. The number of benzene rings is 1. The fourth-order valence-corrected chi connectivity index (χ4v) is 5.17. The molecule has 1 N–H and O–H groups in total. The second kappa shape index (κ2) is 10.0. The van der Waals surface area contributed by atoms with Gasteiger partial charge >= 0.3 is 0 Å². The molecule has 2 aliphatic rings. The molecule has 3 rings (SSSR count). The molecule has 162 valence electrons. The van der Waals surface area contributed by atoms with Gasteiger partial charge in [-0.05, 0) is 63.5 Å². The largest absolute Gasteiger partial charge is 0.336 e. The molecule has 1 unspecified atom stereocenters. The highest BCUT2D eigenvalue weighted by Crippen LogP contribution is 2.15. The van der Waals surface area contributed by atoms with Gasteiger partial charge in [0.15, 0.2) is 0 Å². The van der Waals surface area contributed by atoms with Crippen molar-refractivity contribution in [3.05, 3.63) is 29.8 Å². The van der Waals surface area contributed by atoms with Gasteiger partial charge in [0.05, 0.1) is 4.90 Å². The van der Waals surface area contributed by atoms with Crippen molar-refractivity contribution in [1.29, 1.82) is 0 Å². The molecule has 1 aromatic rings. The lowest BCUT2D eigenvalue weighted by Gasteiger charge is -2.35. The van der Waals surface area contributed by atoms with Crippen LogP contribution in [0.25, 0.3) is 0 Å². The molecule has 0 saturated carbocycles. The summed E-state index contributed by atoms with van der Waals surface area (Å²) in [5, 5.41) is 0. The van der Waals surface area contributed by atoms with Gasteiger partial charge in [0.2, 0.25) is 10.0 Å². The smallest absolute Gasteiger partial charge is 0.253 e. The monoisotopic (exact) mass is 422 g/mol. The third kappa shape index (κ3) is 6.01. The lowest BCUT2D eigenvalue weighted by molar-refractivity contribution is 0.0626. The van der Waals surface area contributed by atoms with E-state index in [0.717, 1.165) is 32.6 Å². The fourth-order valence-electron chi connectivity index (χ4n) is 3.84. The van der Waals surface area contributed by atoms with Gasteiger partial charge in [0, 0.05) is 50.9 Å². The van der Waals surface area contributed by atoms with Crippen LogP contribution in [0.1, 0.15) is 43.5 Å². The molecule has 0 radical (unpaired) electrons. The molecular weight excluding hydrogens is 388 g/mol. The average Bonchev–Trinajstić information content (AvgIpc) is 3.25. The Labute approximate surface area is 175 Å². The van der Waals surface area contributed by atoms with Gasteiger partial charge in [0.25, 0.3) is 5.91 Å². The summed E-state index contributed by atoms with van der Waals surface area (Å²) in [5.74, 6) is -0.0250. The third-order valence-corrected chi connectivity index (χ3v) is 7.58. The summed E-state index contributed by atoms with van der Waals surface area (Å²) >= 11 is 0. The first kappa shape index (κ1) is 22.2. The number of sulfonamides is 1. The van der Waals surface area contributed by atoms with E-state index < -0.39 is 10.0 Å². The van der Waals surface area contributed by atoms with Crippen LogP contribution in [0.15, 0.2) is 29.2 Å². The maximum Gasteiger partial charge on any atom is 0.253 e. The summed E-state index contributed by atoms with van der Waals surface area (Å²) in [5.41, 5.74) is 0.540. The molecule has 2 fully saturated rings. The number of hydrogen-bond acceptors (Lipinski definition) is 5. The first-order valence-electron chi connectivity index (χ1n) is 10.8. The van der Waals surface area contributed by atoms with Gasteiger partial charge < -0.3 is 9.80 Å². The Morgan fingerprint density at radius 2 is 1.52 bits per heavy atom. The molecule has 8 heteroatoms.